The summed E-state index contributed by atoms with van der Waals surface area (Å²) in [4.78, 5) is 13.6. The van der Waals surface area contributed by atoms with Gasteiger partial charge < -0.3 is 11.1 Å². The van der Waals surface area contributed by atoms with Crippen LogP contribution in [-0.4, -0.2) is 42.5 Å². The van der Waals surface area contributed by atoms with Crippen molar-refractivity contribution in [3.63, 3.8) is 0 Å². The molecule has 1 amide bonds. The lowest BCUT2D eigenvalue weighted by atomic mass is 10.1. The number of carbonyl (C=O) groups is 1. The number of carbonyl (C=O) groups excluding carboxylic acids is 1. The minimum atomic E-state index is -0.256. The zero-order valence-electron chi connectivity index (χ0n) is 11.8. The van der Waals surface area contributed by atoms with E-state index in [1.165, 1.54) is 19.3 Å². The number of nitrogens with two attached hydrogens (primary N) is 1. The van der Waals surface area contributed by atoms with Crippen LogP contribution >= 0.6 is 0 Å². The van der Waals surface area contributed by atoms with E-state index in [2.05, 4.69) is 31.0 Å². The molecule has 3 N–H and O–H groups in total. The van der Waals surface area contributed by atoms with E-state index in [-0.39, 0.29) is 11.9 Å². The van der Waals surface area contributed by atoms with Gasteiger partial charge in [0.15, 0.2) is 0 Å². The molecule has 0 fully saturated rings. The van der Waals surface area contributed by atoms with Crippen LogP contribution in [0.25, 0.3) is 0 Å². The molecular weight excluding hydrogens is 214 g/mol. The molecule has 0 radical (unpaired) electrons. The Balaban J connectivity index is 4.23. The number of nitrogens with zero attached hydrogens (tertiary/aromatic N) is 1. The monoisotopic (exact) mass is 243 g/mol. The van der Waals surface area contributed by atoms with Crippen LogP contribution in [0.3, 0.4) is 0 Å². The Morgan fingerprint density at radius 1 is 1.29 bits per heavy atom. The van der Waals surface area contributed by atoms with Gasteiger partial charge in [-0.3, -0.25) is 9.69 Å². The quantitative estimate of drug-likeness (QED) is 0.569. The van der Waals surface area contributed by atoms with Gasteiger partial charge in [-0.15, -0.1) is 0 Å². The van der Waals surface area contributed by atoms with Gasteiger partial charge in [0.1, 0.15) is 0 Å². The largest absolute Gasteiger partial charge is 0.368 e. The first kappa shape index (κ1) is 16.4. The summed E-state index contributed by atoms with van der Waals surface area (Å²) >= 11 is 0. The van der Waals surface area contributed by atoms with Crippen LogP contribution in [0.2, 0.25) is 0 Å². The van der Waals surface area contributed by atoms with Crippen molar-refractivity contribution in [3.8, 4) is 0 Å². The first-order chi connectivity index (χ1) is 8.02. The number of hydrogen-bond acceptors (Lipinski definition) is 3. The third kappa shape index (κ3) is 7.34. The molecule has 0 aromatic rings. The summed E-state index contributed by atoms with van der Waals surface area (Å²) in [5.41, 5.74) is 5.40. The van der Waals surface area contributed by atoms with Gasteiger partial charge in [0, 0.05) is 12.6 Å². The van der Waals surface area contributed by atoms with Crippen LogP contribution in [0.15, 0.2) is 0 Å². The van der Waals surface area contributed by atoms with Crippen molar-refractivity contribution in [2.45, 2.75) is 59.0 Å². The Hall–Kier alpha value is -0.610. The molecule has 4 heteroatoms. The molecule has 0 rings (SSSR count). The first-order valence-corrected chi connectivity index (χ1v) is 6.79. The van der Waals surface area contributed by atoms with E-state index in [9.17, 15) is 4.79 Å². The number of amides is 1. The van der Waals surface area contributed by atoms with Gasteiger partial charge in [0.25, 0.3) is 0 Å². The third-order valence-electron chi connectivity index (χ3n) is 2.99. The van der Waals surface area contributed by atoms with E-state index >= 15 is 0 Å². The summed E-state index contributed by atoms with van der Waals surface area (Å²) in [6.45, 7) is 11.0. The number of nitrogens with one attached hydrogen (secondary N) is 1. The first-order valence-electron chi connectivity index (χ1n) is 6.79. The van der Waals surface area contributed by atoms with Crippen molar-refractivity contribution < 1.29 is 4.79 Å². The number of primary amides is 1. The van der Waals surface area contributed by atoms with Crippen LogP contribution in [0, 0.1) is 0 Å². The lowest BCUT2D eigenvalue weighted by Crippen LogP contribution is -2.50. The molecule has 0 aromatic carbocycles. The zero-order valence-corrected chi connectivity index (χ0v) is 11.8. The van der Waals surface area contributed by atoms with Crippen LogP contribution in [0.1, 0.15) is 47.0 Å². The molecular formula is C13H29N3O. The van der Waals surface area contributed by atoms with Crippen molar-refractivity contribution in [1.29, 1.82) is 0 Å². The number of likely N-dealkylation sites (N-methyl/N-ethyl adjacent to an activating group) is 1. The van der Waals surface area contributed by atoms with Crippen molar-refractivity contribution in [1.82, 2.24) is 10.2 Å². The van der Waals surface area contributed by atoms with E-state index in [1.54, 1.807) is 0 Å². The molecule has 102 valence electrons. The maximum absolute atomic E-state index is 11.3. The molecule has 0 aromatic heterocycles. The third-order valence-corrected chi connectivity index (χ3v) is 2.99. The molecule has 0 heterocycles. The van der Waals surface area contributed by atoms with E-state index in [0.29, 0.717) is 12.6 Å². The fourth-order valence-electron chi connectivity index (χ4n) is 1.86. The van der Waals surface area contributed by atoms with Gasteiger partial charge in [-0.2, -0.15) is 0 Å². The van der Waals surface area contributed by atoms with Gasteiger partial charge in [-0.05, 0) is 33.4 Å². The van der Waals surface area contributed by atoms with Gasteiger partial charge in [0.2, 0.25) is 5.91 Å². The predicted molar refractivity (Wildman–Crippen MR) is 72.9 cm³/mol. The van der Waals surface area contributed by atoms with E-state index in [4.69, 9.17) is 5.73 Å². The van der Waals surface area contributed by atoms with Crippen LogP contribution in [-0.2, 0) is 4.79 Å². The van der Waals surface area contributed by atoms with Crippen molar-refractivity contribution in [2.75, 3.05) is 19.6 Å². The second-order valence-corrected chi connectivity index (χ2v) is 4.81. The van der Waals surface area contributed by atoms with Crippen LogP contribution in [0.5, 0.6) is 0 Å². The molecule has 1 unspecified atom stereocenters. The maximum Gasteiger partial charge on any atom is 0.235 e. The highest BCUT2D eigenvalue weighted by atomic mass is 16.1. The molecule has 0 bridgehead atoms. The Morgan fingerprint density at radius 3 is 2.35 bits per heavy atom. The average Bonchev–Trinajstić information content (AvgIpc) is 2.26. The normalized spacial score (nSPS) is 13.3. The maximum atomic E-state index is 11.3. The van der Waals surface area contributed by atoms with Crippen molar-refractivity contribution in [3.05, 3.63) is 0 Å². The summed E-state index contributed by atoms with van der Waals surface area (Å²) in [5, 5.41) is 3.14. The van der Waals surface area contributed by atoms with Gasteiger partial charge in [-0.1, -0.05) is 26.7 Å². The summed E-state index contributed by atoms with van der Waals surface area (Å²) in [7, 11) is 0. The Morgan fingerprint density at radius 2 is 1.94 bits per heavy atom. The molecule has 0 saturated carbocycles. The van der Waals surface area contributed by atoms with Crippen molar-refractivity contribution >= 4 is 5.91 Å². The second kappa shape index (κ2) is 9.42. The second-order valence-electron chi connectivity index (χ2n) is 4.81. The molecule has 0 aliphatic rings. The smallest absolute Gasteiger partial charge is 0.235 e. The summed E-state index contributed by atoms with van der Waals surface area (Å²) < 4.78 is 0. The highest BCUT2D eigenvalue weighted by Crippen LogP contribution is 2.04. The summed E-state index contributed by atoms with van der Waals surface area (Å²) in [6.07, 6.45) is 3.65. The van der Waals surface area contributed by atoms with Crippen LogP contribution in [0.4, 0.5) is 0 Å². The topological polar surface area (TPSA) is 58.4 Å². The standard InChI is InChI=1S/C13H29N3O/c1-5-7-8-9-16(11(3)4)10-12(13(14)17)15-6-2/h11-12,15H,5-10H2,1-4H3,(H2,14,17). The highest BCUT2D eigenvalue weighted by Gasteiger charge is 2.19. The molecule has 1 atom stereocenters. The van der Waals surface area contributed by atoms with Gasteiger partial charge in [-0.25, -0.2) is 0 Å². The highest BCUT2D eigenvalue weighted by molar-refractivity contribution is 5.80. The van der Waals surface area contributed by atoms with Crippen molar-refractivity contribution in [2.24, 2.45) is 5.73 Å². The minimum absolute atomic E-state index is 0.232. The zero-order chi connectivity index (χ0) is 13.3. The fraction of sp³-hybridized carbons (Fsp3) is 0.923. The molecule has 17 heavy (non-hydrogen) atoms. The number of hydrogen-bond donors (Lipinski definition) is 2. The fourth-order valence-corrected chi connectivity index (χ4v) is 1.86. The van der Waals surface area contributed by atoms with Crippen LogP contribution < -0.4 is 11.1 Å². The predicted octanol–water partition coefficient (Wildman–Crippen LogP) is 1.35. The Bertz CT molecular complexity index is 207. The number of rotatable bonds is 10. The Kier molecular flexibility index (Phi) is 9.09. The lowest BCUT2D eigenvalue weighted by molar-refractivity contribution is -0.120. The van der Waals surface area contributed by atoms with Gasteiger partial charge in [0.05, 0.1) is 6.04 Å². The lowest BCUT2D eigenvalue weighted by Gasteiger charge is -2.29. The molecule has 0 saturated heterocycles. The SMILES string of the molecule is CCCCCN(CC(NCC)C(N)=O)C(C)C. The molecule has 4 nitrogen and oxygen atoms in total. The molecule has 0 aliphatic heterocycles. The van der Waals surface area contributed by atoms with Gasteiger partial charge >= 0.3 is 0 Å². The average molecular weight is 243 g/mol. The summed E-state index contributed by atoms with van der Waals surface area (Å²) in [6, 6.07) is 0.219. The van der Waals surface area contributed by atoms with E-state index in [0.717, 1.165) is 13.1 Å². The number of unbranched alkanes of at least 4 members (excludes halogenated alkanes) is 2. The van der Waals surface area contributed by atoms with E-state index in [1.807, 2.05) is 6.92 Å². The minimum Gasteiger partial charge on any atom is -0.368 e. The molecule has 0 aliphatic carbocycles. The van der Waals surface area contributed by atoms with E-state index < -0.39 is 0 Å². The summed E-state index contributed by atoms with van der Waals surface area (Å²) in [5.74, 6) is -0.256. The molecule has 0 spiro atoms. The Labute approximate surface area is 106 Å².